The Labute approximate surface area is 133 Å². The molecule has 0 saturated carbocycles. The Kier molecular flexibility index (Phi) is 5.59. The number of rotatable bonds is 6. The van der Waals surface area contributed by atoms with Gasteiger partial charge >= 0.3 is 0 Å². The number of hydrogen-bond donors (Lipinski definition) is 1. The Morgan fingerprint density at radius 3 is 2.43 bits per heavy atom. The van der Waals surface area contributed by atoms with Crippen LogP contribution in [0, 0.1) is 0 Å². The van der Waals surface area contributed by atoms with Crippen molar-refractivity contribution in [1.82, 2.24) is 4.98 Å². The SMILES string of the molecule is CCOc1ccc(C(N)c2cncc(Br)c2)cc1OCC. The zero-order valence-corrected chi connectivity index (χ0v) is 13.8. The van der Waals surface area contributed by atoms with Gasteiger partial charge in [0.1, 0.15) is 0 Å². The van der Waals surface area contributed by atoms with Gasteiger partial charge in [-0.1, -0.05) is 6.07 Å². The fourth-order valence-corrected chi connectivity index (χ4v) is 2.43. The molecule has 0 aliphatic carbocycles. The third-order valence-electron chi connectivity index (χ3n) is 3.01. The summed E-state index contributed by atoms with van der Waals surface area (Å²) in [5.41, 5.74) is 8.22. The molecule has 1 heterocycles. The van der Waals surface area contributed by atoms with Gasteiger partial charge in [-0.15, -0.1) is 0 Å². The van der Waals surface area contributed by atoms with Crippen LogP contribution in [-0.4, -0.2) is 18.2 Å². The smallest absolute Gasteiger partial charge is 0.161 e. The molecule has 1 unspecified atom stereocenters. The first kappa shape index (κ1) is 15.8. The van der Waals surface area contributed by atoms with Crippen LogP contribution in [0.1, 0.15) is 31.0 Å². The highest BCUT2D eigenvalue weighted by Crippen LogP contribution is 2.32. The molecule has 0 spiro atoms. The van der Waals surface area contributed by atoms with Crippen LogP contribution in [0.15, 0.2) is 41.1 Å². The van der Waals surface area contributed by atoms with Gasteiger partial charge < -0.3 is 15.2 Å². The summed E-state index contributed by atoms with van der Waals surface area (Å²) in [6.07, 6.45) is 3.51. The van der Waals surface area contributed by atoms with Crippen LogP contribution in [0.4, 0.5) is 0 Å². The molecular formula is C16H19BrN2O2. The first-order valence-corrected chi connectivity index (χ1v) is 7.70. The van der Waals surface area contributed by atoms with Gasteiger partial charge in [0.15, 0.2) is 11.5 Å². The molecule has 112 valence electrons. The molecule has 0 bridgehead atoms. The van der Waals surface area contributed by atoms with E-state index in [2.05, 4.69) is 20.9 Å². The first-order chi connectivity index (χ1) is 10.2. The maximum atomic E-state index is 6.32. The highest BCUT2D eigenvalue weighted by molar-refractivity contribution is 9.10. The van der Waals surface area contributed by atoms with E-state index in [9.17, 15) is 0 Å². The first-order valence-electron chi connectivity index (χ1n) is 6.91. The average Bonchev–Trinajstić information content (AvgIpc) is 2.49. The lowest BCUT2D eigenvalue weighted by atomic mass is 10.0. The Hall–Kier alpha value is -1.59. The van der Waals surface area contributed by atoms with Crippen molar-refractivity contribution in [2.45, 2.75) is 19.9 Å². The molecule has 0 aliphatic heterocycles. The Morgan fingerprint density at radius 2 is 1.76 bits per heavy atom. The zero-order chi connectivity index (χ0) is 15.2. The summed E-state index contributed by atoms with van der Waals surface area (Å²) < 4.78 is 12.1. The lowest BCUT2D eigenvalue weighted by molar-refractivity contribution is 0.287. The number of halogens is 1. The van der Waals surface area contributed by atoms with Crippen LogP contribution in [0.3, 0.4) is 0 Å². The second-order valence-corrected chi connectivity index (χ2v) is 5.40. The molecule has 21 heavy (non-hydrogen) atoms. The highest BCUT2D eigenvalue weighted by atomic mass is 79.9. The molecule has 4 nitrogen and oxygen atoms in total. The van der Waals surface area contributed by atoms with Gasteiger partial charge in [-0.3, -0.25) is 4.98 Å². The summed E-state index contributed by atoms with van der Waals surface area (Å²) in [6, 6.07) is 7.49. The van der Waals surface area contributed by atoms with E-state index in [1.54, 1.807) is 12.4 Å². The fraction of sp³-hybridized carbons (Fsp3) is 0.312. The minimum atomic E-state index is -0.259. The molecule has 0 fully saturated rings. The van der Waals surface area contributed by atoms with Crippen LogP contribution in [0.25, 0.3) is 0 Å². The van der Waals surface area contributed by atoms with Crippen LogP contribution in [0.5, 0.6) is 11.5 Å². The van der Waals surface area contributed by atoms with Crippen molar-refractivity contribution >= 4 is 15.9 Å². The van der Waals surface area contributed by atoms with Gasteiger partial charge in [-0.05, 0) is 59.1 Å². The van der Waals surface area contributed by atoms with Crippen molar-refractivity contribution in [3.8, 4) is 11.5 Å². The zero-order valence-electron chi connectivity index (χ0n) is 12.2. The molecule has 1 aromatic heterocycles. The normalized spacial score (nSPS) is 12.0. The topological polar surface area (TPSA) is 57.4 Å². The molecule has 2 N–H and O–H groups in total. The van der Waals surface area contributed by atoms with E-state index >= 15 is 0 Å². The lowest BCUT2D eigenvalue weighted by Crippen LogP contribution is -2.12. The number of nitrogens with two attached hydrogens (primary N) is 1. The van der Waals surface area contributed by atoms with Gasteiger partial charge in [0.25, 0.3) is 0 Å². The summed E-state index contributed by atoms with van der Waals surface area (Å²) in [7, 11) is 0. The number of pyridine rings is 1. The van der Waals surface area contributed by atoms with E-state index in [1.807, 2.05) is 38.1 Å². The number of ether oxygens (including phenoxy) is 2. The summed E-state index contributed by atoms with van der Waals surface area (Å²) in [6.45, 7) is 5.07. The Balaban J connectivity index is 2.32. The summed E-state index contributed by atoms with van der Waals surface area (Å²) in [5.74, 6) is 1.46. The lowest BCUT2D eigenvalue weighted by Gasteiger charge is -2.16. The van der Waals surface area contributed by atoms with Crippen molar-refractivity contribution in [3.63, 3.8) is 0 Å². The van der Waals surface area contributed by atoms with E-state index in [1.165, 1.54) is 0 Å². The summed E-state index contributed by atoms with van der Waals surface area (Å²) in [5, 5.41) is 0. The van der Waals surface area contributed by atoms with Crippen molar-refractivity contribution in [3.05, 3.63) is 52.3 Å². The molecule has 0 amide bonds. The third-order valence-corrected chi connectivity index (χ3v) is 3.45. The molecular weight excluding hydrogens is 332 g/mol. The van der Waals surface area contributed by atoms with Gasteiger partial charge in [-0.25, -0.2) is 0 Å². The summed E-state index contributed by atoms with van der Waals surface area (Å²) in [4.78, 5) is 4.15. The van der Waals surface area contributed by atoms with E-state index < -0.39 is 0 Å². The molecule has 5 heteroatoms. The molecule has 0 radical (unpaired) electrons. The van der Waals surface area contributed by atoms with Crippen LogP contribution >= 0.6 is 15.9 Å². The molecule has 0 aliphatic rings. The maximum Gasteiger partial charge on any atom is 0.161 e. The van der Waals surface area contributed by atoms with Crippen molar-refractivity contribution in [2.75, 3.05) is 13.2 Å². The largest absolute Gasteiger partial charge is 0.490 e. The van der Waals surface area contributed by atoms with Crippen molar-refractivity contribution in [2.24, 2.45) is 5.73 Å². The fourth-order valence-electron chi connectivity index (χ4n) is 2.05. The maximum absolute atomic E-state index is 6.32. The summed E-state index contributed by atoms with van der Waals surface area (Å²) >= 11 is 3.41. The van der Waals surface area contributed by atoms with Crippen molar-refractivity contribution < 1.29 is 9.47 Å². The number of hydrogen-bond acceptors (Lipinski definition) is 4. The third kappa shape index (κ3) is 3.95. The van der Waals surface area contributed by atoms with E-state index in [0.29, 0.717) is 13.2 Å². The monoisotopic (exact) mass is 350 g/mol. The highest BCUT2D eigenvalue weighted by Gasteiger charge is 2.13. The van der Waals surface area contributed by atoms with Crippen LogP contribution in [-0.2, 0) is 0 Å². The predicted molar refractivity (Wildman–Crippen MR) is 86.7 cm³/mol. The van der Waals surface area contributed by atoms with Gasteiger partial charge in [0.2, 0.25) is 0 Å². The van der Waals surface area contributed by atoms with E-state index in [0.717, 1.165) is 27.1 Å². The van der Waals surface area contributed by atoms with E-state index in [4.69, 9.17) is 15.2 Å². The minimum absolute atomic E-state index is 0.259. The predicted octanol–water partition coefficient (Wildman–Crippen LogP) is 3.69. The van der Waals surface area contributed by atoms with Crippen LogP contribution < -0.4 is 15.2 Å². The van der Waals surface area contributed by atoms with Crippen molar-refractivity contribution in [1.29, 1.82) is 0 Å². The van der Waals surface area contributed by atoms with Gasteiger partial charge in [0, 0.05) is 16.9 Å². The quantitative estimate of drug-likeness (QED) is 0.862. The molecule has 1 aromatic carbocycles. The standard InChI is InChI=1S/C16H19BrN2O2/c1-3-20-14-6-5-11(8-15(14)21-4-2)16(18)12-7-13(17)10-19-9-12/h5-10,16H,3-4,18H2,1-2H3. The van der Waals surface area contributed by atoms with Gasteiger partial charge in [-0.2, -0.15) is 0 Å². The van der Waals surface area contributed by atoms with E-state index in [-0.39, 0.29) is 6.04 Å². The minimum Gasteiger partial charge on any atom is -0.490 e. The molecule has 0 saturated heterocycles. The molecule has 2 aromatic rings. The Morgan fingerprint density at radius 1 is 1.05 bits per heavy atom. The second kappa shape index (κ2) is 7.43. The average molecular weight is 351 g/mol. The number of nitrogens with zero attached hydrogens (tertiary/aromatic N) is 1. The Bertz CT molecular complexity index is 605. The number of aromatic nitrogens is 1. The molecule has 2 rings (SSSR count). The van der Waals surface area contributed by atoms with Crippen LogP contribution in [0.2, 0.25) is 0 Å². The number of benzene rings is 1. The molecule has 1 atom stereocenters. The second-order valence-electron chi connectivity index (χ2n) is 4.49. The van der Waals surface area contributed by atoms with Gasteiger partial charge in [0.05, 0.1) is 19.3 Å².